The van der Waals surface area contributed by atoms with E-state index in [9.17, 15) is 0 Å². The number of methoxy groups -OCH3 is 3. The minimum atomic E-state index is 0.727. The summed E-state index contributed by atoms with van der Waals surface area (Å²) in [5.41, 5.74) is 1.03. The highest BCUT2D eigenvalue weighted by Crippen LogP contribution is 2.34. The smallest absolute Gasteiger partial charge is 0.130 e. The van der Waals surface area contributed by atoms with Gasteiger partial charge in [-0.3, -0.25) is 0 Å². The van der Waals surface area contributed by atoms with Crippen LogP contribution < -0.4 is 19.5 Å². The van der Waals surface area contributed by atoms with Gasteiger partial charge in [-0.05, 0) is 31.7 Å². The van der Waals surface area contributed by atoms with Crippen LogP contribution >= 0.6 is 0 Å². The Kier molecular flexibility index (Phi) is 5.93. The molecule has 116 valence electrons. The Bertz CT molecular complexity index is 460. The molecule has 0 bridgehead atoms. The molecule has 21 heavy (non-hydrogen) atoms. The van der Waals surface area contributed by atoms with Crippen LogP contribution in [0.1, 0.15) is 24.8 Å². The summed E-state index contributed by atoms with van der Waals surface area (Å²) in [6.07, 6.45) is 8.18. The average Bonchev–Trinajstić information content (AvgIpc) is 2.55. The number of allylic oxidation sites excluding steroid dienone is 2. The molecule has 1 aliphatic carbocycles. The third kappa shape index (κ3) is 4.14. The Hall–Kier alpha value is -1.68. The van der Waals surface area contributed by atoms with Crippen molar-refractivity contribution in [2.45, 2.75) is 25.8 Å². The van der Waals surface area contributed by atoms with Crippen LogP contribution in [0.25, 0.3) is 0 Å². The Labute approximate surface area is 127 Å². The van der Waals surface area contributed by atoms with Crippen LogP contribution in [0.2, 0.25) is 0 Å². The lowest BCUT2D eigenvalue weighted by Crippen LogP contribution is -2.23. The molecule has 0 spiro atoms. The topological polar surface area (TPSA) is 39.7 Å². The number of benzene rings is 1. The molecule has 0 saturated carbocycles. The molecule has 0 amide bonds. The van der Waals surface area contributed by atoms with Crippen LogP contribution in [-0.2, 0) is 6.54 Å². The van der Waals surface area contributed by atoms with Crippen molar-refractivity contribution < 1.29 is 14.2 Å². The first-order chi connectivity index (χ1) is 10.3. The number of hydrogen-bond donors (Lipinski definition) is 1. The summed E-state index contributed by atoms with van der Waals surface area (Å²) in [5, 5.41) is 3.52. The summed E-state index contributed by atoms with van der Waals surface area (Å²) in [4.78, 5) is 0. The van der Waals surface area contributed by atoms with Gasteiger partial charge in [0.25, 0.3) is 0 Å². The highest BCUT2D eigenvalue weighted by atomic mass is 16.5. The Morgan fingerprint density at radius 3 is 2.29 bits per heavy atom. The second-order valence-corrected chi connectivity index (χ2v) is 5.29. The zero-order valence-corrected chi connectivity index (χ0v) is 13.1. The van der Waals surface area contributed by atoms with Gasteiger partial charge in [-0.1, -0.05) is 12.2 Å². The first-order valence-electron chi connectivity index (χ1n) is 7.43. The van der Waals surface area contributed by atoms with Crippen molar-refractivity contribution in [3.05, 3.63) is 29.8 Å². The van der Waals surface area contributed by atoms with Gasteiger partial charge in [0.05, 0.1) is 26.9 Å². The zero-order chi connectivity index (χ0) is 15.1. The van der Waals surface area contributed by atoms with E-state index in [0.29, 0.717) is 0 Å². The van der Waals surface area contributed by atoms with E-state index in [0.717, 1.165) is 41.8 Å². The summed E-state index contributed by atoms with van der Waals surface area (Å²) < 4.78 is 16.2. The molecular formula is C17H25NO3. The van der Waals surface area contributed by atoms with Gasteiger partial charge in [-0.25, -0.2) is 0 Å². The lowest BCUT2D eigenvalue weighted by atomic mass is 9.94. The molecule has 0 radical (unpaired) electrons. The number of rotatable bonds is 7. The van der Waals surface area contributed by atoms with Crippen molar-refractivity contribution in [1.29, 1.82) is 0 Å². The molecule has 1 aromatic rings. The third-order valence-electron chi connectivity index (χ3n) is 3.93. The molecule has 0 fully saturated rings. The summed E-state index contributed by atoms with van der Waals surface area (Å²) in [5.74, 6) is 3.06. The molecule has 2 rings (SSSR count). The molecule has 1 aliphatic rings. The van der Waals surface area contributed by atoms with Crippen molar-refractivity contribution in [3.8, 4) is 17.2 Å². The van der Waals surface area contributed by atoms with Crippen molar-refractivity contribution in [2.24, 2.45) is 5.92 Å². The molecule has 1 aromatic carbocycles. The maximum absolute atomic E-state index is 5.46. The van der Waals surface area contributed by atoms with Crippen LogP contribution in [0.3, 0.4) is 0 Å². The lowest BCUT2D eigenvalue weighted by molar-refractivity contribution is 0.363. The fraction of sp³-hybridized carbons (Fsp3) is 0.529. The fourth-order valence-corrected chi connectivity index (χ4v) is 2.70. The first-order valence-corrected chi connectivity index (χ1v) is 7.43. The second kappa shape index (κ2) is 7.93. The largest absolute Gasteiger partial charge is 0.496 e. The summed E-state index contributed by atoms with van der Waals surface area (Å²) in [6.45, 7) is 1.75. The predicted octanol–water partition coefficient (Wildman–Crippen LogP) is 3.16. The lowest BCUT2D eigenvalue weighted by Gasteiger charge is -2.20. The van der Waals surface area contributed by atoms with E-state index >= 15 is 0 Å². The van der Waals surface area contributed by atoms with Gasteiger partial charge in [0.15, 0.2) is 0 Å². The molecule has 0 heterocycles. The summed E-state index contributed by atoms with van der Waals surface area (Å²) in [7, 11) is 4.98. The fourth-order valence-electron chi connectivity index (χ4n) is 2.70. The van der Waals surface area contributed by atoms with E-state index in [-0.39, 0.29) is 0 Å². The third-order valence-corrected chi connectivity index (χ3v) is 3.93. The van der Waals surface area contributed by atoms with Crippen LogP contribution in [0, 0.1) is 5.92 Å². The molecule has 4 nitrogen and oxygen atoms in total. The second-order valence-electron chi connectivity index (χ2n) is 5.29. The number of hydrogen-bond acceptors (Lipinski definition) is 4. The maximum Gasteiger partial charge on any atom is 0.130 e. The van der Waals surface area contributed by atoms with Crippen molar-refractivity contribution >= 4 is 0 Å². The Balaban J connectivity index is 2.02. The maximum atomic E-state index is 5.46. The zero-order valence-electron chi connectivity index (χ0n) is 13.1. The molecule has 0 aliphatic heterocycles. The van der Waals surface area contributed by atoms with E-state index in [1.165, 1.54) is 19.3 Å². The minimum absolute atomic E-state index is 0.727. The first kappa shape index (κ1) is 15.7. The monoisotopic (exact) mass is 291 g/mol. The SMILES string of the molecule is COc1cc(OC)c(CNCC2CC=CCC2)c(OC)c1. The van der Waals surface area contributed by atoms with Crippen LogP contribution in [0.15, 0.2) is 24.3 Å². The van der Waals surface area contributed by atoms with Gasteiger partial charge in [-0.2, -0.15) is 0 Å². The number of nitrogens with one attached hydrogen (secondary N) is 1. The van der Waals surface area contributed by atoms with E-state index in [1.807, 2.05) is 12.1 Å². The van der Waals surface area contributed by atoms with Crippen molar-refractivity contribution in [1.82, 2.24) is 5.32 Å². The summed E-state index contributed by atoms with van der Waals surface area (Å²) >= 11 is 0. The minimum Gasteiger partial charge on any atom is -0.496 e. The van der Waals surface area contributed by atoms with Crippen molar-refractivity contribution in [3.63, 3.8) is 0 Å². The van der Waals surface area contributed by atoms with Crippen LogP contribution in [0.5, 0.6) is 17.2 Å². The highest BCUT2D eigenvalue weighted by molar-refractivity contribution is 5.50. The van der Waals surface area contributed by atoms with E-state index in [4.69, 9.17) is 14.2 Å². The van der Waals surface area contributed by atoms with E-state index in [2.05, 4.69) is 17.5 Å². The van der Waals surface area contributed by atoms with E-state index < -0.39 is 0 Å². The van der Waals surface area contributed by atoms with Gasteiger partial charge in [0, 0.05) is 18.7 Å². The van der Waals surface area contributed by atoms with Crippen LogP contribution in [0.4, 0.5) is 0 Å². The molecule has 1 atom stereocenters. The van der Waals surface area contributed by atoms with Gasteiger partial charge >= 0.3 is 0 Å². The molecule has 0 saturated heterocycles. The molecule has 0 aromatic heterocycles. The Morgan fingerprint density at radius 2 is 1.76 bits per heavy atom. The standard InChI is InChI=1S/C17H25NO3/c1-19-14-9-16(20-2)15(17(10-14)21-3)12-18-11-13-7-5-4-6-8-13/h4-5,9-10,13,18H,6-8,11-12H2,1-3H3. The van der Waals surface area contributed by atoms with Crippen molar-refractivity contribution in [2.75, 3.05) is 27.9 Å². The Morgan fingerprint density at radius 1 is 1.05 bits per heavy atom. The van der Waals surface area contributed by atoms with E-state index in [1.54, 1.807) is 21.3 Å². The normalized spacial score (nSPS) is 17.6. The quantitative estimate of drug-likeness (QED) is 0.783. The van der Waals surface area contributed by atoms with Gasteiger partial charge < -0.3 is 19.5 Å². The van der Waals surface area contributed by atoms with Gasteiger partial charge in [0.1, 0.15) is 17.2 Å². The number of ether oxygens (including phenoxy) is 3. The van der Waals surface area contributed by atoms with Gasteiger partial charge in [-0.15, -0.1) is 0 Å². The van der Waals surface area contributed by atoms with Gasteiger partial charge in [0.2, 0.25) is 0 Å². The highest BCUT2D eigenvalue weighted by Gasteiger charge is 2.14. The van der Waals surface area contributed by atoms with Crippen LogP contribution in [-0.4, -0.2) is 27.9 Å². The predicted molar refractivity (Wildman–Crippen MR) is 84.3 cm³/mol. The summed E-state index contributed by atoms with van der Waals surface area (Å²) in [6, 6.07) is 3.78. The molecule has 4 heteroatoms. The molecule has 1 unspecified atom stereocenters. The average molecular weight is 291 g/mol. The molecular weight excluding hydrogens is 266 g/mol. The molecule has 1 N–H and O–H groups in total.